The SMILES string of the molecule is COC(C)(C)CNCc1ccc(C(N)=O)cc1Cl. The summed E-state index contributed by atoms with van der Waals surface area (Å²) in [5, 5.41) is 3.79. The molecule has 4 nitrogen and oxygen atoms in total. The van der Waals surface area contributed by atoms with Crippen molar-refractivity contribution in [1.29, 1.82) is 0 Å². The second-order valence-corrected chi connectivity index (χ2v) is 5.15. The van der Waals surface area contributed by atoms with Gasteiger partial charge in [0.1, 0.15) is 0 Å². The Morgan fingerprint density at radius 1 is 1.50 bits per heavy atom. The van der Waals surface area contributed by atoms with E-state index < -0.39 is 5.91 Å². The van der Waals surface area contributed by atoms with Crippen molar-refractivity contribution >= 4 is 17.5 Å². The van der Waals surface area contributed by atoms with Crippen molar-refractivity contribution in [2.45, 2.75) is 26.0 Å². The van der Waals surface area contributed by atoms with Crippen LogP contribution in [-0.4, -0.2) is 25.2 Å². The molecule has 0 aromatic heterocycles. The fourth-order valence-corrected chi connectivity index (χ4v) is 1.66. The summed E-state index contributed by atoms with van der Waals surface area (Å²) in [6, 6.07) is 5.06. The Balaban J connectivity index is 2.61. The summed E-state index contributed by atoms with van der Waals surface area (Å²) in [6.45, 7) is 5.32. The lowest BCUT2D eigenvalue weighted by Crippen LogP contribution is -2.36. The molecule has 100 valence electrons. The van der Waals surface area contributed by atoms with Gasteiger partial charge in [0, 0.05) is 30.8 Å². The van der Waals surface area contributed by atoms with Gasteiger partial charge in [0.2, 0.25) is 5.91 Å². The number of benzene rings is 1. The highest BCUT2D eigenvalue weighted by Gasteiger charge is 2.15. The lowest BCUT2D eigenvalue weighted by atomic mass is 10.1. The first kappa shape index (κ1) is 15.0. The molecule has 0 radical (unpaired) electrons. The molecule has 0 aliphatic rings. The van der Waals surface area contributed by atoms with Crippen LogP contribution in [0.25, 0.3) is 0 Å². The van der Waals surface area contributed by atoms with E-state index >= 15 is 0 Å². The van der Waals surface area contributed by atoms with E-state index in [0.717, 1.165) is 5.56 Å². The highest BCUT2D eigenvalue weighted by molar-refractivity contribution is 6.31. The molecule has 0 heterocycles. The van der Waals surface area contributed by atoms with Gasteiger partial charge in [-0.25, -0.2) is 0 Å². The first-order valence-corrected chi connectivity index (χ1v) is 6.07. The van der Waals surface area contributed by atoms with Crippen molar-refractivity contribution in [3.63, 3.8) is 0 Å². The first-order valence-electron chi connectivity index (χ1n) is 5.70. The number of nitrogens with one attached hydrogen (secondary N) is 1. The van der Waals surface area contributed by atoms with Crippen LogP contribution in [0.2, 0.25) is 5.02 Å². The van der Waals surface area contributed by atoms with Crippen molar-refractivity contribution in [3.8, 4) is 0 Å². The van der Waals surface area contributed by atoms with E-state index in [1.54, 1.807) is 25.3 Å². The average molecular weight is 271 g/mol. The molecular weight excluding hydrogens is 252 g/mol. The Hall–Kier alpha value is -1.10. The smallest absolute Gasteiger partial charge is 0.248 e. The van der Waals surface area contributed by atoms with E-state index in [4.69, 9.17) is 22.1 Å². The van der Waals surface area contributed by atoms with Gasteiger partial charge in [-0.3, -0.25) is 4.79 Å². The molecule has 1 rings (SSSR count). The molecule has 0 fully saturated rings. The van der Waals surface area contributed by atoms with Gasteiger partial charge in [-0.2, -0.15) is 0 Å². The molecule has 0 atom stereocenters. The molecule has 1 amide bonds. The number of halogens is 1. The van der Waals surface area contributed by atoms with Crippen molar-refractivity contribution in [2.24, 2.45) is 5.73 Å². The monoisotopic (exact) mass is 270 g/mol. The van der Waals surface area contributed by atoms with Crippen molar-refractivity contribution in [3.05, 3.63) is 34.3 Å². The number of nitrogens with two attached hydrogens (primary N) is 1. The van der Waals surface area contributed by atoms with Gasteiger partial charge in [0.05, 0.1) is 5.60 Å². The standard InChI is InChI=1S/C13H19ClN2O2/c1-13(2,18-3)8-16-7-10-5-4-9(12(15)17)6-11(10)14/h4-6,16H,7-8H2,1-3H3,(H2,15,17). The quantitative estimate of drug-likeness (QED) is 0.830. The van der Waals surface area contributed by atoms with Gasteiger partial charge in [0.25, 0.3) is 0 Å². The van der Waals surface area contributed by atoms with Crippen LogP contribution >= 0.6 is 11.6 Å². The number of carbonyl (C=O) groups excluding carboxylic acids is 1. The molecule has 1 aromatic rings. The lowest BCUT2D eigenvalue weighted by Gasteiger charge is -2.23. The third kappa shape index (κ3) is 4.29. The molecule has 0 saturated heterocycles. The highest BCUT2D eigenvalue weighted by atomic mass is 35.5. The maximum Gasteiger partial charge on any atom is 0.248 e. The molecular formula is C13H19ClN2O2. The molecule has 1 aromatic carbocycles. The van der Waals surface area contributed by atoms with E-state index in [1.807, 2.05) is 13.8 Å². The number of amides is 1. The fraction of sp³-hybridized carbons (Fsp3) is 0.462. The molecule has 0 aliphatic heterocycles. The molecule has 5 heteroatoms. The van der Waals surface area contributed by atoms with Crippen LogP contribution in [0.1, 0.15) is 29.8 Å². The van der Waals surface area contributed by atoms with E-state index in [9.17, 15) is 4.79 Å². The van der Waals surface area contributed by atoms with Crippen LogP contribution in [0.5, 0.6) is 0 Å². The molecule has 0 spiro atoms. The number of hydrogen-bond acceptors (Lipinski definition) is 3. The number of carbonyl (C=O) groups is 1. The minimum Gasteiger partial charge on any atom is -0.377 e. The number of ether oxygens (including phenoxy) is 1. The Morgan fingerprint density at radius 3 is 2.67 bits per heavy atom. The topological polar surface area (TPSA) is 64.3 Å². The van der Waals surface area contributed by atoms with Gasteiger partial charge < -0.3 is 15.8 Å². The van der Waals surface area contributed by atoms with E-state index in [0.29, 0.717) is 23.7 Å². The minimum absolute atomic E-state index is 0.223. The summed E-state index contributed by atoms with van der Waals surface area (Å²) in [5.41, 5.74) is 6.30. The van der Waals surface area contributed by atoms with Crippen molar-refractivity contribution in [1.82, 2.24) is 5.32 Å². The van der Waals surface area contributed by atoms with Crippen LogP contribution in [-0.2, 0) is 11.3 Å². The van der Waals surface area contributed by atoms with E-state index in [-0.39, 0.29) is 5.60 Å². The van der Waals surface area contributed by atoms with Crippen LogP contribution in [0.4, 0.5) is 0 Å². The second kappa shape index (κ2) is 6.18. The number of methoxy groups -OCH3 is 1. The van der Waals surface area contributed by atoms with Crippen LogP contribution in [0, 0.1) is 0 Å². The zero-order valence-corrected chi connectivity index (χ0v) is 11.7. The van der Waals surface area contributed by atoms with Crippen molar-refractivity contribution in [2.75, 3.05) is 13.7 Å². The highest BCUT2D eigenvalue weighted by Crippen LogP contribution is 2.18. The van der Waals surface area contributed by atoms with Gasteiger partial charge in [-0.1, -0.05) is 17.7 Å². The van der Waals surface area contributed by atoms with Gasteiger partial charge in [0.15, 0.2) is 0 Å². The predicted octanol–water partition coefficient (Wildman–Crippen LogP) is 1.95. The normalized spacial score (nSPS) is 11.6. The fourth-order valence-electron chi connectivity index (χ4n) is 1.41. The zero-order valence-electron chi connectivity index (χ0n) is 10.9. The molecule has 0 unspecified atom stereocenters. The lowest BCUT2D eigenvalue weighted by molar-refractivity contribution is 0.0230. The Morgan fingerprint density at radius 2 is 2.17 bits per heavy atom. The van der Waals surface area contributed by atoms with Gasteiger partial charge in [-0.05, 0) is 31.5 Å². The minimum atomic E-state index is -0.475. The van der Waals surface area contributed by atoms with E-state index in [2.05, 4.69) is 5.32 Å². The summed E-state index contributed by atoms with van der Waals surface area (Å²) in [6.07, 6.45) is 0. The zero-order chi connectivity index (χ0) is 13.8. The Kier molecular flexibility index (Phi) is 5.14. The van der Waals surface area contributed by atoms with Gasteiger partial charge >= 0.3 is 0 Å². The summed E-state index contributed by atoms with van der Waals surface area (Å²) < 4.78 is 5.30. The molecule has 0 saturated carbocycles. The summed E-state index contributed by atoms with van der Waals surface area (Å²) in [5.74, 6) is -0.475. The Labute approximate surface area is 112 Å². The Bertz CT molecular complexity index is 433. The maximum atomic E-state index is 11.0. The summed E-state index contributed by atoms with van der Waals surface area (Å²) in [4.78, 5) is 11.0. The maximum absolute atomic E-state index is 11.0. The first-order chi connectivity index (χ1) is 8.35. The average Bonchev–Trinajstić information content (AvgIpc) is 2.31. The second-order valence-electron chi connectivity index (χ2n) is 4.74. The van der Waals surface area contributed by atoms with Crippen LogP contribution in [0.3, 0.4) is 0 Å². The van der Waals surface area contributed by atoms with Gasteiger partial charge in [-0.15, -0.1) is 0 Å². The third-order valence-corrected chi connectivity index (χ3v) is 3.11. The molecule has 18 heavy (non-hydrogen) atoms. The van der Waals surface area contributed by atoms with Crippen molar-refractivity contribution < 1.29 is 9.53 Å². The molecule has 0 bridgehead atoms. The number of hydrogen-bond donors (Lipinski definition) is 2. The predicted molar refractivity (Wildman–Crippen MR) is 72.8 cm³/mol. The summed E-state index contributed by atoms with van der Waals surface area (Å²) in [7, 11) is 1.68. The summed E-state index contributed by atoms with van der Waals surface area (Å²) >= 11 is 6.08. The number of rotatable bonds is 6. The largest absolute Gasteiger partial charge is 0.377 e. The molecule has 3 N–H and O–H groups in total. The van der Waals surface area contributed by atoms with Crippen LogP contribution < -0.4 is 11.1 Å². The number of primary amides is 1. The molecule has 0 aliphatic carbocycles. The third-order valence-electron chi connectivity index (χ3n) is 2.76. The van der Waals surface area contributed by atoms with Crippen LogP contribution in [0.15, 0.2) is 18.2 Å². The van der Waals surface area contributed by atoms with E-state index in [1.165, 1.54) is 0 Å².